The highest BCUT2D eigenvalue weighted by Crippen LogP contribution is 2.33. The molecule has 132 valence electrons. The van der Waals surface area contributed by atoms with Crippen LogP contribution in [-0.2, 0) is 4.79 Å². The minimum absolute atomic E-state index is 0. The fraction of sp³-hybridized carbons (Fsp3) is 0.556. The summed E-state index contributed by atoms with van der Waals surface area (Å²) in [6.45, 7) is 0. The number of benzene rings is 1. The number of nitrogens with zero attached hydrogens (tertiary/aromatic N) is 1. The first-order valence-electron chi connectivity index (χ1n) is 8.49. The minimum Gasteiger partial charge on any atom is -0.349 e. The Hall–Kier alpha value is -1.59. The van der Waals surface area contributed by atoms with E-state index in [-0.39, 0.29) is 42.2 Å². The molecule has 3 rings (SSSR count). The average molecular weight is 352 g/mol. The van der Waals surface area contributed by atoms with Gasteiger partial charge in [0.05, 0.1) is 11.3 Å². The van der Waals surface area contributed by atoms with Crippen molar-refractivity contribution in [3.63, 3.8) is 0 Å². The van der Waals surface area contributed by atoms with Crippen molar-refractivity contribution in [2.24, 2.45) is 11.7 Å². The molecule has 1 aromatic carbocycles. The van der Waals surface area contributed by atoms with Crippen molar-refractivity contribution in [3.05, 3.63) is 29.8 Å². The van der Waals surface area contributed by atoms with E-state index in [1.165, 1.54) is 0 Å². The summed E-state index contributed by atoms with van der Waals surface area (Å²) in [4.78, 5) is 26.6. The van der Waals surface area contributed by atoms with Crippen molar-refractivity contribution < 1.29 is 9.59 Å². The zero-order chi connectivity index (χ0) is 16.4. The van der Waals surface area contributed by atoms with E-state index in [9.17, 15) is 9.59 Å². The standard InChI is InChI=1S/C18H25N3O2.ClH/c1-21(18(23)12-6-7-12)16-5-3-2-4-15(16)17(22)20-14-10-8-13(19)9-11-14;/h2-5,12-14H,6-11,19H2,1H3,(H,20,22);1H. The Morgan fingerprint density at radius 2 is 1.71 bits per heavy atom. The van der Waals surface area contributed by atoms with Gasteiger partial charge in [0.15, 0.2) is 0 Å². The third-order valence-corrected chi connectivity index (χ3v) is 4.87. The van der Waals surface area contributed by atoms with Gasteiger partial charge in [-0.15, -0.1) is 12.4 Å². The second kappa shape index (κ2) is 7.99. The van der Waals surface area contributed by atoms with Crippen LogP contribution in [0.25, 0.3) is 0 Å². The monoisotopic (exact) mass is 351 g/mol. The molecular weight excluding hydrogens is 326 g/mol. The highest BCUT2D eigenvalue weighted by molar-refractivity contribution is 6.05. The van der Waals surface area contributed by atoms with E-state index in [0.29, 0.717) is 11.3 Å². The quantitative estimate of drug-likeness (QED) is 0.875. The fourth-order valence-corrected chi connectivity index (χ4v) is 3.21. The van der Waals surface area contributed by atoms with E-state index in [0.717, 1.165) is 38.5 Å². The van der Waals surface area contributed by atoms with E-state index in [4.69, 9.17) is 5.73 Å². The Morgan fingerprint density at radius 3 is 2.33 bits per heavy atom. The lowest BCUT2D eigenvalue weighted by molar-refractivity contribution is -0.119. The van der Waals surface area contributed by atoms with Gasteiger partial charge in [-0.25, -0.2) is 0 Å². The average Bonchev–Trinajstić information content (AvgIpc) is 3.40. The van der Waals surface area contributed by atoms with Crippen LogP contribution in [0.15, 0.2) is 24.3 Å². The van der Waals surface area contributed by atoms with E-state index in [2.05, 4.69) is 5.32 Å². The fourth-order valence-electron chi connectivity index (χ4n) is 3.21. The van der Waals surface area contributed by atoms with Crippen LogP contribution in [0, 0.1) is 5.92 Å². The Labute approximate surface area is 149 Å². The van der Waals surface area contributed by atoms with Gasteiger partial charge in [-0.2, -0.15) is 0 Å². The van der Waals surface area contributed by atoms with Crippen molar-refractivity contribution >= 4 is 29.9 Å². The third kappa shape index (κ3) is 4.28. The van der Waals surface area contributed by atoms with Gasteiger partial charge in [0.1, 0.15) is 0 Å². The molecule has 2 saturated carbocycles. The number of hydrogen-bond acceptors (Lipinski definition) is 3. The number of nitrogens with two attached hydrogens (primary N) is 1. The number of carbonyl (C=O) groups is 2. The second-order valence-corrected chi connectivity index (χ2v) is 6.77. The molecule has 0 saturated heterocycles. The number of nitrogens with one attached hydrogen (secondary N) is 1. The SMILES string of the molecule is CN(C(=O)C1CC1)c1ccccc1C(=O)NC1CCC(N)CC1.Cl. The molecule has 0 bridgehead atoms. The molecule has 0 aromatic heterocycles. The van der Waals surface area contributed by atoms with E-state index in [1.54, 1.807) is 18.0 Å². The first-order valence-corrected chi connectivity index (χ1v) is 8.49. The number of anilines is 1. The van der Waals surface area contributed by atoms with Crippen LogP contribution in [0.5, 0.6) is 0 Å². The number of rotatable bonds is 4. The molecule has 5 nitrogen and oxygen atoms in total. The summed E-state index contributed by atoms with van der Waals surface area (Å²) in [6, 6.07) is 7.77. The topological polar surface area (TPSA) is 75.4 Å². The van der Waals surface area contributed by atoms with Gasteiger partial charge in [0.25, 0.3) is 5.91 Å². The van der Waals surface area contributed by atoms with Crippen LogP contribution in [-0.4, -0.2) is 30.9 Å². The molecule has 0 unspecified atom stereocenters. The molecule has 0 atom stereocenters. The first kappa shape index (κ1) is 18.7. The van der Waals surface area contributed by atoms with Crippen LogP contribution in [0.1, 0.15) is 48.9 Å². The summed E-state index contributed by atoms with van der Waals surface area (Å²) in [5, 5.41) is 3.10. The highest BCUT2D eigenvalue weighted by Gasteiger charge is 2.33. The summed E-state index contributed by atoms with van der Waals surface area (Å²) < 4.78 is 0. The molecule has 2 amide bonds. The molecule has 6 heteroatoms. The zero-order valence-corrected chi connectivity index (χ0v) is 14.8. The molecule has 1 aromatic rings. The van der Waals surface area contributed by atoms with Gasteiger partial charge in [0, 0.05) is 25.0 Å². The zero-order valence-electron chi connectivity index (χ0n) is 14.0. The number of carbonyl (C=O) groups excluding carboxylic acids is 2. The summed E-state index contributed by atoms with van der Waals surface area (Å²) in [5.74, 6) is 0.140. The molecule has 2 aliphatic rings. The largest absolute Gasteiger partial charge is 0.349 e. The normalized spacial score (nSPS) is 23.1. The van der Waals surface area contributed by atoms with Gasteiger partial charge >= 0.3 is 0 Å². The van der Waals surface area contributed by atoms with Gasteiger partial charge in [0.2, 0.25) is 5.91 Å². The van der Waals surface area contributed by atoms with Crippen LogP contribution < -0.4 is 16.0 Å². The van der Waals surface area contributed by atoms with Crippen molar-refractivity contribution in [3.8, 4) is 0 Å². The summed E-state index contributed by atoms with van der Waals surface area (Å²) in [6.07, 6.45) is 5.66. The van der Waals surface area contributed by atoms with E-state index < -0.39 is 0 Å². The summed E-state index contributed by atoms with van der Waals surface area (Å²) in [7, 11) is 1.76. The van der Waals surface area contributed by atoms with Crippen LogP contribution in [0.2, 0.25) is 0 Å². The van der Waals surface area contributed by atoms with Gasteiger partial charge < -0.3 is 16.0 Å². The molecule has 24 heavy (non-hydrogen) atoms. The summed E-state index contributed by atoms with van der Waals surface area (Å²) >= 11 is 0. The van der Waals surface area contributed by atoms with E-state index >= 15 is 0 Å². The molecule has 0 aliphatic heterocycles. The molecule has 0 radical (unpaired) electrons. The third-order valence-electron chi connectivity index (χ3n) is 4.87. The maximum Gasteiger partial charge on any atom is 0.253 e. The van der Waals surface area contributed by atoms with Crippen molar-refractivity contribution in [1.82, 2.24) is 5.32 Å². The molecule has 0 heterocycles. The number of halogens is 1. The molecule has 2 aliphatic carbocycles. The molecular formula is C18H26ClN3O2. The number of hydrogen-bond donors (Lipinski definition) is 2. The maximum absolute atomic E-state index is 12.6. The van der Waals surface area contributed by atoms with Gasteiger partial charge in [-0.3, -0.25) is 9.59 Å². The minimum atomic E-state index is -0.100. The van der Waals surface area contributed by atoms with Crippen LogP contribution in [0.3, 0.4) is 0 Å². The Morgan fingerprint density at radius 1 is 1.08 bits per heavy atom. The van der Waals surface area contributed by atoms with Crippen LogP contribution in [0.4, 0.5) is 5.69 Å². The van der Waals surface area contributed by atoms with Crippen molar-refractivity contribution in [2.75, 3.05) is 11.9 Å². The van der Waals surface area contributed by atoms with Crippen LogP contribution >= 0.6 is 12.4 Å². The maximum atomic E-state index is 12.6. The smallest absolute Gasteiger partial charge is 0.253 e. The highest BCUT2D eigenvalue weighted by atomic mass is 35.5. The van der Waals surface area contributed by atoms with Gasteiger partial charge in [-0.1, -0.05) is 12.1 Å². The Bertz CT molecular complexity index is 596. The Kier molecular flexibility index (Phi) is 6.24. The lowest BCUT2D eigenvalue weighted by Crippen LogP contribution is -2.41. The van der Waals surface area contributed by atoms with Gasteiger partial charge in [-0.05, 0) is 50.7 Å². The van der Waals surface area contributed by atoms with Crippen molar-refractivity contribution in [2.45, 2.75) is 50.6 Å². The number of para-hydroxylation sites is 1. The Balaban J connectivity index is 0.00000208. The predicted molar refractivity (Wildman–Crippen MR) is 97.5 cm³/mol. The number of amides is 2. The lowest BCUT2D eigenvalue weighted by atomic mass is 9.91. The second-order valence-electron chi connectivity index (χ2n) is 6.77. The molecule has 2 fully saturated rings. The van der Waals surface area contributed by atoms with Crippen molar-refractivity contribution in [1.29, 1.82) is 0 Å². The summed E-state index contributed by atoms with van der Waals surface area (Å²) in [5.41, 5.74) is 7.17. The lowest BCUT2D eigenvalue weighted by Gasteiger charge is -2.27. The molecule has 3 N–H and O–H groups in total. The first-order chi connectivity index (χ1) is 11.1. The van der Waals surface area contributed by atoms with E-state index in [1.807, 2.05) is 18.2 Å². The predicted octanol–water partition coefficient (Wildman–Crippen LogP) is 2.48. The molecule has 0 spiro atoms.